The molecule has 0 fully saturated rings. The number of aromatic nitrogens is 2. The minimum absolute atomic E-state index is 0.427. The van der Waals surface area contributed by atoms with Crippen molar-refractivity contribution in [2.75, 3.05) is 5.75 Å². The largest absolute Gasteiger partial charge is 0.480 e. The fourth-order valence-electron chi connectivity index (χ4n) is 1.57. The van der Waals surface area contributed by atoms with E-state index in [4.69, 9.17) is 10.8 Å². The molecule has 0 saturated heterocycles. The van der Waals surface area contributed by atoms with Gasteiger partial charge in [-0.15, -0.1) is 0 Å². The zero-order valence-corrected chi connectivity index (χ0v) is 10.8. The maximum Gasteiger partial charge on any atom is 0.320 e. The van der Waals surface area contributed by atoms with E-state index in [0.29, 0.717) is 12.2 Å². The van der Waals surface area contributed by atoms with Crippen molar-refractivity contribution in [1.82, 2.24) is 9.97 Å². The summed E-state index contributed by atoms with van der Waals surface area (Å²) in [5, 5.41) is 9.47. The summed E-state index contributed by atoms with van der Waals surface area (Å²) in [6, 6.07) is 5.21. The number of aliphatic carboxylic acids is 1. The molecular formula is C12H15N3O2S. The van der Waals surface area contributed by atoms with Crippen LogP contribution in [-0.4, -0.2) is 32.8 Å². The van der Waals surface area contributed by atoms with Gasteiger partial charge in [-0.3, -0.25) is 4.79 Å². The first kappa shape index (κ1) is 12.9. The van der Waals surface area contributed by atoms with Gasteiger partial charge in [-0.1, -0.05) is 17.8 Å². The van der Waals surface area contributed by atoms with Crippen LogP contribution >= 0.6 is 11.8 Å². The standard InChI is InChI=1S/C12H15N3O2S/c1-7-2-3-9-10(6-7)15-12(14-9)18-5-4-8(13)11(16)17/h2-3,6,8H,4-5,13H2,1H3,(H,14,15)(H,16,17). The second-order valence-corrected chi connectivity index (χ2v) is 5.23. The lowest BCUT2D eigenvalue weighted by atomic mass is 10.2. The number of nitrogens with one attached hydrogen (secondary N) is 1. The summed E-state index contributed by atoms with van der Waals surface area (Å²) in [6.07, 6.45) is 0.427. The molecule has 0 aliphatic rings. The highest BCUT2D eigenvalue weighted by molar-refractivity contribution is 7.99. The van der Waals surface area contributed by atoms with Gasteiger partial charge >= 0.3 is 5.97 Å². The van der Waals surface area contributed by atoms with Crippen molar-refractivity contribution in [2.24, 2.45) is 5.73 Å². The molecular weight excluding hydrogens is 250 g/mol. The van der Waals surface area contributed by atoms with Crippen molar-refractivity contribution in [2.45, 2.75) is 24.5 Å². The number of hydrogen-bond donors (Lipinski definition) is 3. The van der Waals surface area contributed by atoms with Crippen LogP contribution in [0.4, 0.5) is 0 Å². The number of carbonyl (C=O) groups is 1. The number of imidazole rings is 1. The highest BCUT2D eigenvalue weighted by Crippen LogP contribution is 2.21. The van der Waals surface area contributed by atoms with E-state index in [1.807, 2.05) is 25.1 Å². The van der Waals surface area contributed by atoms with Crippen molar-refractivity contribution < 1.29 is 9.90 Å². The van der Waals surface area contributed by atoms with Gasteiger partial charge < -0.3 is 15.8 Å². The first-order valence-corrected chi connectivity index (χ1v) is 6.62. The Morgan fingerprint density at radius 2 is 2.39 bits per heavy atom. The molecule has 96 valence electrons. The van der Waals surface area contributed by atoms with Gasteiger partial charge in [0.1, 0.15) is 6.04 Å². The maximum atomic E-state index is 10.6. The topological polar surface area (TPSA) is 92.0 Å². The van der Waals surface area contributed by atoms with Crippen LogP contribution in [0.15, 0.2) is 23.4 Å². The van der Waals surface area contributed by atoms with Gasteiger partial charge in [-0.25, -0.2) is 4.98 Å². The SMILES string of the molecule is Cc1ccc2nc(SCCC(N)C(=O)O)[nH]c2c1. The van der Waals surface area contributed by atoms with Gasteiger partial charge in [0.05, 0.1) is 11.0 Å². The molecule has 1 aromatic carbocycles. The fraction of sp³-hybridized carbons (Fsp3) is 0.333. The highest BCUT2D eigenvalue weighted by Gasteiger charge is 2.11. The lowest BCUT2D eigenvalue weighted by molar-refractivity contribution is -0.138. The molecule has 1 aromatic heterocycles. The number of hydrogen-bond acceptors (Lipinski definition) is 4. The summed E-state index contributed by atoms with van der Waals surface area (Å²) < 4.78 is 0. The van der Waals surface area contributed by atoms with Gasteiger partial charge in [0.25, 0.3) is 0 Å². The fourth-order valence-corrected chi connectivity index (χ4v) is 2.48. The summed E-state index contributed by atoms with van der Waals surface area (Å²) in [4.78, 5) is 18.2. The summed E-state index contributed by atoms with van der Waals surface area (Å²) >= 11 is 1.49. The second kappa shape index (κ2) is 5.41. The summed E-state index contributed by atoms with van der Waals surface area (Å²) in [5.41, 5.74) is 8.53. The number of fused-ring (bicyclic) bond motifs is 1. The normalized spacial score (nSPS) is 12.8. The molecule has 1 unspecified atom stereocenters. The Hall–Kier alpha value is -1.53. The average molecular weight is 265 g/mol. The number of aryl methyl sites for hydroxylation is 1. The number of rotatable bonds is 5. The zero-order chi connectivity index (χ0) is 13.1. The summed E-state index contributed by atoms with van der Waals surface area (Å²) in [5.74, 6) is -0.331. The van der Waals surface area contributed by atoms with Crippen LogP contribution in [-0.2, 0) is 4.79 Å². The average Bonchev–Trinajstić information content (AvgIpc) is 2.70. The zero-order valence-electron chi connectivity index (χ0n) is 10.0. The van der Waals surface area contributed by atoms with Crippen molar-refractivity contribution in [3.05, 3.63) is 23.8 Å². The monoisotopic (exact) mass is 265 g/mol. The Kier molecular flexibility index (Phi) is 3.88. The number of benzene rings is 1. The Balaban J connectivity index is 1.98. The minimum atomic E-state index is -0.962. The van der Waals surface area contributed by atoms with E-state index in [2.05, 4.69) is 9.97 Å². The third-order valence-electron chi connectivity index (χ3n) is 2.60. The molecule has 0 radical (unpaired) electrons. The van der Waals surface area contributed by atoms with Crippen molar-refractivity contribution in [3.63, 3.8) is 0 Å². The van der Waals surface area contributed by atoms with E-state index in [1.54, 1.807) is 0 Å². The number of H-pyrrole nitrogens is 1. The Morgan fingerprint density at radius 1 is 1.61 bits per heavy atom. The molecule has 2 aromatic rings. The number of thioether (sulfide) groups is 1. The summed E-state index contributed by atoms with van der Waals surface area (Å²) in [7, 11) is 0. The van der Waals surface area contributed by atoms with Gasteiger partial charge in [-0.05, 0) is 31.0 Å². The van der Waals surface area contributed by atoms with E-state index in [9.17, 15) is 4.79 Å². The molecule has 4 N–H and O–H groups in total. The molecule has 0 aliphatic heterocycles. The number of aromatic amines is 1. The molecule has 1 atom stereocenters. The highest BCUT2D eigenvalue weighted by atomic mass is 32.2. The van der Waals surface area contributed by atoms with Crippen molar-refractivity contribution >= 4 is 28.8 Å². The molecule has 0 amide bonds. The number of carboxylic acid groups (broad SMARTS) is 1. The molecule has 6 heteroatoms. The molecule has 0 saturated carbocycles. The molecule has 0 spiro atoms. The lowest BCUT2D eigenvalue weighted by Crippen LogP contribution is -2.30. The first-order chi connectivity index (χ1) is 8.56. The van der Waals surface area contributed by atoms with E-state index >= 15 is 0 Å². The predicted molar refractivity (Wildman–Crippen MR) is 71.8 cm³/mol. The van der Waals surface area contributed by atoms with Crippen LogP contribution in [0.5, 0.6) is 0 Å². The van der Waals surface area contributed by atoms with Crippen molar-refractivity contribution in [3.8, 4) is 0 Å². The lowest BCUT2D eigenvalue weighted by Gasteiger charge is -2.03. The van der Waals surface area contributed by atoms with Crippen LogP contribution in [0.1, 0.15) is 12.0 Å². The van der Waals surface area contributed by atoms with E-state index in [-0.39, 0.29) is 0 Å². The van der Waals surface area contributed by atoms with Gasteiger partial charge in [-0.2, -0.15) is 0 Å². The molecule has 2 rings (SSSR count). The number of nitrogens with two attached hydrogens (primary N) is 1. The molecule has 0 aliphatic carbocycles. The van der Waals surface area contributed by atoms with E-state index in [1.165, 1.54) is 17.3 Å². The van der Waals surface area contributed by atoms with Crippen LogP contribution in [0.2, 0.25) is 0 Å². The van der Waals surface area contributed by atoms with Gasteiger partial charge in [0.15, 0.2) is 5.16 Å². The van der Waals surface area contributed by atoms with Gasteiger partial charge in [0.2, 0.25) is 0 Å². The van der Waals surface area contributed by atoms with Crippen LogP contribution in [0.25, 0.3) is 11.0 Å². The summed E-state index contributed by atoms with van der Waals surface area (Å²) in [6.45, 7) is 2.03. The van der Waals surface area contributed by atoms with Crippen LogP contribution in [0, 0.1) is 6.92 Å². The Labute approximate surface area is 109 Å². The number of nitrogens with zero attached hydrogens (tertiary/aromatic N) is 1. The first-order valence-electron chi connectivity index (χ1n) is 5.64. The quantitative estimate of drug-likeness (QED) is 0.716. The molecule has 1 heterocycles. The van der Waals surface area contributed by atoms with E-state index < -0.39 is 12.0 Å². The molecule has 0 bridgehead atoms. The third-order valence-corrected chi connectivity index (χ3v) is 3.51. The van der Waals surface area contributed by atoms with E-state index in [0.717, 1.165) is 16.2 Å². The van der Waals surface area contributed by atoms with Crippen LogP contribution < -0.4 is 5.73 Å². The molecule has 5 nitrogen and oxygen atoms in total. The predicted octanol–water partition coefficient (Wildman–Crippen LogP) is 1.77. The molecule has 18 heavy (non-hydrogen) atoms. The smallest absolute Gasteiger partial charge is 0.320 e. The number of carboxylic acids is 1. The Morgan fingerprint density at radius 3 is 3.11 bits per heavy atom. The van der Waals surface area contributed by atoms with Crippen LogP contribution in [0.3, 0.4) is 0 Å². The second-order valence-electron chi connectivity index (χ2n) is 4.14. The van der Waals surface area contributed by atoms with Gasteiger partial charge in [0, 0.05) is 5.75 Å². The third kappa shape index (κ3) is 3.02. The Bertz CT molecular complexity index is 567. The van der Waals surface area contributed by atoms with Crippen molar-refractivity contribution in [1.29, 1.82) is 0 Å². The minimum Gasteiger partial charge on any atom is -0.480 e. The maximum absolute atomic E-state index is 10.6.